The fraction of sp³-hybridized carbons (Fsp3) is 0.400. The Morgan fingerprint density at radius 1 is 1.40 bits per heavy atom. The predicted octanol–water partition coefficient (Wildman–Crippen LogP) is 2.36. The number of alkyl halides is 3. The van der Waals surface area contributed by atoms with Crippen molar-refractivity contribution >= 4 is 0 Å². The van der Waals surface area contributed by atoms with E-state index in [1.807, 2.05) is 0 Å². The molecule has 0 radical (unpaired) electrons. The maximum absolute atomic E-state index is 12.4. The van der Waals surface area contributed by atoms with Crippen LogP contribution in [0.25, 0.3) is 0 Å². The van der Waals surface area contributed by atoms with Crippen molar-refractivity contribution in [3.63, 3.8) is 0 Å². The zero-order valence-corrected chi connectivity index (χ0v) is 8.06. The number of hydrogen-bond donors (Lipinski definition) is 1. The molecule has 1 heterocycles. The van der Waals surface area contributed by atoms with Crippen LogP contribution in [0.4, 0.5) is 13.2 Å². The molecule has 1 N–H and O–H groups in total. The summed E-state index contributed by atoms with van der Waals surface area (Å²) < 4.78 is 42.3. The van der Waals surface area contributed by atoms with Gasteiger partial charge in [-0.3, -0.25) is 0 Å². The standard InChI is InChI=1S/C10H10F3NO/c1-14-8-5-15-9-4-6(10(11,12)13)2-3-7(8)9/h2-4,8,14H,5H2,1H3/t8-/m0/s1. The van der Waals surface area contributed by atoms with Gasteiger partial charge in [0, 0.05) is 5.56 Å². The molecule has 0 aliphatic carbocycles. The molecule has 2 nitrogen and oxygen atoms in total. The summed E-state index contributed by atoms with van der Waals surface area (Å²) in [5.41, 5.74) is 0.114. The summed E-state index contributed by atoms with van der Waals surface area (Å²) >= 11 is 0. The first kappa shape index (κ1) is 10.3. The van der Waals surface area contributed by atoms with Crippen LogP contribution in [0.1, 0.15) is 17.2 Å². The van der Waals surface area contributed by atoms with E-state index in [1.54, 1.807) is 7.05 Å². The van der Waals surface area contributed by atoms with Gasteiger partial charge in [-0.1, -0.05) is 6.07 Å². The van der Waals surface area contributed by atoms with E-state index in [4.69, 9.17) is 4.74 Å². The molecule has 0 bridgehead atoms. The molecule has 1 aromatic carbocycles. The second kappa shape index (κ2) is 3.41. The van der Waals surface area contributed by atoms with E-state index in [1.165, 1.54) is 6.07 Å². The summed E-state index contributed by atoms with van der Waals surface area (Å²) in [5.74, 6) is 0.323. The van der Waals surface area contributed by atoms with Crippen molar-refractivity contribution in [3.8, 4) is 5.75 Å². The van der Waals surface area contributed by atoms with Crippen molar-refractivity contribution in [2.75, 3.05) is 13.7 Å². The van der Waals surface area contributed by atoms with Crippen molar-refractivity contribution < 1.29 is 17.9 Å². The fourth-order valence-corrected chi connectivity index (χ4v) is 1.63. The fourth-order valence-electron chi connectivity index (χ4n) is 1.63. The van der Waals surface area contributed by atoms with Gasteiger partial charge < -0.3 is 10.1 Å². The number of nitrogens with one attached hydrogen (secondary N) is 1. The second-order valence-corrected chi connectivity index (χ2v) is 3.40. The Bertz CT molecular complexity index is 375. The Kier molecular flexibility index (Phi) is 2.34. The van der Waals surface area contributed by atoms with Crippen LogP contribution in [-0.4, -0.2) is 13.7 Å². The van der Waals surface area contributed by atoms with Crippen LogP contribution in [0, 0.1) is 0 Å². The Labute approximate surface area is 85.0 Å². The highest BCUT2D eigenvalue weighted by atomic mass is 19.4. The van der Waals surface area contributed by atoms with Gasteiger partial charge in [0.15, 0.2) is 0 Å². The van der Waals surface area contributed by atoms with Crippen LogP contribution >= 0.6 is 0 Å². The van der Waals surface area contributed by atoms with Crippen molar-refractivity contribution in [2.45, 2.75) is 12.2 Å². The van der Waals surface area contributed by atoms with Crippen LogP contribution in [0.15, 0.2) is 18.2 Å². The molecule has 0 unspecified atom stereocenters. The summed E-state index contributed by atoms with van der Waals surface area (Å²) in [6.45, 7) is 0.382. The maximum atomic E-state index is 12.4. The molecule has 2 rings (SSSR count). The Morgan fingerprint density at radius 3 is 2.73 bits per heavy atom. The summed E-state index contributed by atoms with van der Waals surface area (Å²) in [6, 6.07) is 3.58. The first-order chi connectivity index (χ1) is 7.02. The lowest BCUT2D eigenvalue weighted by Gasteiger charge is -2.09. The highest BCUT2D eigenvalue weighted by Crippen LogP contribution is 2.37. The summed E-state index contributed by atoms with van der Waals surface area (Å²) in [5, 5.41) is 2.97. The topological polar surface area (TPSA) is 21.3 Å². The average Bonchev–Trinajstić information content (AvgIpc) is 2.58. The normalized spacial score (nSPS) is 19.9. The minimum Gasteiger partial charge on any atom is -0.491 e. The van der Waals surface area contributed by atoms with Crippen LogP contribution in [0.5, 0.6) is 5.75 Å². The van der Waals surface area contributed by atoms with E-state index >= 15 is 0 Å². The summed E-state index contributed by atoms with van der Waals surface area (Å²) in [4.78, 5) is 0. The lowest BCUT2D eigenvalue weighted by molar-refractivity contribution is -0.137. The maximum Gasteiger partial charge on any atom is 0.416 e. The molecule has 1 atom stereocenters. The quantitative estimate of drug-likeness (QED) is 0.779. The van der Waals surface area contributed by atoms with Gasteiger partial charge in [-0.2, -0.15) is 13.2 Å². The van der Waals surface area contributed by atoms with Crippen LogP contribution < -0.4 is 10.1 Å². The third kappa shape index (κ3) is 1.79. The third-order valence-electron chi connectivity index (χ3n) is 2.47. The number of fused-ring (bicyclic) bond motifs is 1. The monoisotopic (exact) mass is 217 g/mol. The van der Waals surface area contributed by atoms with Gasteiger partial charge in [0.25, 0.3) is 0 Å². The molecule has 0 saturated carbocycles. The minimum absolute atomic E-state index is 0.0118. The van der Waals surface area contributed by atoms with Crippen molar-refractivity contribution in [3.05, 3.63) is 29.3 Å². The van der Waals surface area contributed by atoms with Crippen LogP contribution in [0.2, 0.25) is 0 Å². The van der Waals surface area contributed by atoms with Crippen LogP contribution in [0.3, 0.4) is 0 Å². The zero-order valence-electron chi connectivity index (χ0n) is 8.06. The Morgan fingerprint density at radius 2 is 2.13 bits per heavy atom. The van der Waals surface area contributed by atoms with E-state index in [0.29, 0.717) is 12.4 Å². The molecule has 0 aromatic heterocycles. The van der Waals surface area contributed by atoms with Gasteiger partial charge in [-0.05, 0) is 19.2 Å². The Balaban J connectivity index is 2.37. The molecule has 0 saturated heterocycles. The Hall–Kier alpha value is -1.23. The number of rotatable bonds is 1. The number of benzene rings is 1. The summed E-state index contributed by atoms with van der Waals surface area (Å²) in [6.07, 6.45) is -4.31. The molecular formula is C10H10F3NO. The number of hydrogen-bond acceptors (Lipinski definition) is 2. The molecule has 5 heteroatoms. The van der Waals surface area contributed by atoms with Crippen molar-refractivity contribution in [1.29, 1.82) is 0 Å². The van der Waals surface area contributed by atoms with Gasteiger partial charge >= 0.3 is 6.18 Å². The highest BCUT2D eigenvalue weighted by Gasteiger charge is 2.33. The molecule has 1 aliphatic rings. The summed E-state index contributed by atoms with van der Waals surface area (Å²) in [7, 11) is 1.75. The molecular weight excluding hydrogens is 207 g/mol. The second-order valence-electron chi connectivity index (χ2n) is 3.40. The number of halogens is 3. The highest BCUT2D eigenvalue weighted by molar-refractivity contribution is 5.43. The van der Waals surface area contributed by atoms with Crippen molar-refractivity contribution in [2.24, 2.45) is 0 Å². The largest absolute Gasteiger partial charge is 0.491 e. The number of ether oxygens (including phenoxy) is 1. The molecule has 82 valence electrons. The van der Waals surface area contributed by atoms with Gasteiger partial charge in [-0.15, -0.1) is 0 Å². The molecule has 15 heavy (non-hydrogen) atoms. The number of likely N-dealkylation sites (N-methyl/N-ethyl adjacent to an activating group) is 1. The van der Waals surface area contributed by atoms with E-state index < -0.39 is 11.7 Å². The SMILES string of the molecule is CN[C@H]1COc2cc(C(F)(F)F)ccc21. The molecule has 1 aromatic rings. The smallest absolute Gasteiger partial charge is 0.416 e. The van der Waals surface area contributed by atoms with Crippen LogP contribution in [-0.2, 0) is 6.18 Å². The molecule has 0 fully saturated rings. The predicted molar refractivity (Wildman–Crippen MR) is 48.7 cm³/mol. The molecule has 0 spiro atoms. The lowest BCUT2D eigenvalue weighted by Crippen LogP contribution is -2.17. The van der Waals surface area contributed by atoms with E-state index in [2.05, 4.69) is 5.32 Å². The van der Waals surface area contributed by atoms with Gasteiger partial charge in [0.1, 0.15) is 12.4 Å². The van der Waals surface area contributed by atoms with E-state index in [-0.39, 0.29) is 6.04 Å². The lowest BCUT2D eigenvalue weighted by atomic mass is 10.1. The van der Waals surface area contributed by atoms with Gasteiger partial charge in [0.05, 0.1) is 11.6 Å². The molecule has 0 amide bonds. The zero-order chi connectivity index (χ0) is 11.1. The van der Waals surface area contributed by atoms with Gasteiger partial charge in [-0.25, -0.2) is 0 Å². The van der Waals surface area contributed by atoms with Gasteiger partial charge in [0.2, 0.25) is 0 Å². The first-order valence-electron chi connectivity index (χ1n) is 4.53. The first-order valence-corrected chi connectivity index (χ1v) is 4.53. The average molecular weight is 217 g/mol. The molecule has 1 aliphatic heterocycles. The van der Waals surface area contributed by atoms with E-state index in [9.17, 15) is 13.2 Å². The minimum atomic E-state index is -4.31. The third-order valence-corrected chi connectivity index (χ3v) is 2.47. The van der Waals surface area contributed by atoms with E-state index in [0.717, 1.165) is 17.7 Å². The van der Waals surface area contributed by atoms with Crippen molar-refractivity contribution in [1.82, 2.24) is 5.32 Å².